The number of hydrogen-bond donors (Lipinski definition) is 0. The van der Waals surface area contributed by atoms with Gasteiger partial charge in [0, 0.05) is 0 Å². The number of halogens is 1. The first-order valence-electron chi connectivity index (χ1n) is 3.59. The minimum Gasteiger partial charge on any atom is -0.258 e. The molecule has 1 rings (SSSR count). The predicted molar refractivity (Wildman–Crippen MR) is 45.6 cm³/mol. The molecule has 0 saturated carbocycles. The Kier molecular flexibility index (Phi) is 2.69. The van der Waals surface area contributed by atoms with E-state index in [9.17, 15) is 19.3 Å². The van der Waals surface area contributed by atoms with Crippen molar-refractivity contribution in [2.24, 2.45) is 4.99 Å². The van der Waals surface area contributed by atoms with Crippen LogP contribution in [0.3, 0.4) is 0 Å². The summed E-state index contributed by atoms with van der Waals surface area (Å²) in [5, 5.41) is 10.5. The summed E-state index contributed by atoms with van der Waals surface area (Å²) in [5.41, 5.74) is -0.844. The minimum absolute atomic E-state index is 0.147. The van der Waals surface area contributed by atoms with Gasteiger partial charge < -0.3 is 0 Å². The van der Waals surface area contributed by atoms with Crippen LogP contribution in [0.25, 0.3) is 0 Å². The molecule has 0 unspecified atom stereocenters. The van der Waals surface area contributed by atoms with Gasteiger partial charge >= 0.3 is 5.69 Å². The lowest BCUT2D eigenvalue weighted by Gasteiger charge is -2.00. The average Bonchev–Trinajstić information content (AvgIpc) is 2.11. The Morgan fingerprint density at radius 1 is 1.57 bits per heavy atom. The first-order valence-corrected chi connectivity index (χ1v) is 3.59. The van der Waals surface area contributed by atoms with Crippen LogP contribution < -0.4 is 0 Å². The lowest BCUT2D eigenvalue weighted by Crippen LogP contribution is -1.94. The van der Waals surface area contributed by atoms with Crippen LogP contribution in [0.15, 0.2) is 17.1 Å². The summed E-state index contributed by atoms with van der Waals surface area (Å²) >= 11 is 0. The van der Waals surface area contributed by atoms with Gasteiger partial charge in [0.1, 0.15) is 5.82 Å². The SMILES string of the molecule is Cc1c(F)ccc(N=C=O)c1[N+](=O)[O-]. The van der Waals surface area contributed by atoms with Gasteiger partial charge in [-0.25, -0.2) is 9.18 Å². The van der Waals surface area contributed by atoms with E-state index in [1.165, 1.54) is 13.0 Å². The highest BCUT2D eigenvalue weighted by Gasteiger charge is 2.19. The second kappa shape index (κ2) is 3.76. The molecule has 0 fully saturated rings. The van der Waals surface area contributed by atoms with Crippen LogP contribution in [0.2, 0.25) is 0 Å². The second-order valence-corrected chi connectivity index (χ2v) is 2.50. The lowest BCUT2D eigenvalue weighted by molar-refractivity contribution is -0.384. The van der Waals surface area contributed by atoms with E-state index < -0.39 is 16.4 Å². The Balaban J connectivity index is 3.52. The van der Waals surface area contributed by atoms with Crippen molar-refractivity contribution in [3.05, 3.63) is 33.6 Å². The number of nitro benzene ring substituents is 1. The molecule has 0 aliphatic heterocycles. The van der Waals surface area contributed by atoms with Crippen molar-refractivity contribution in [3.63, 3.8) is 0 Å². The van der Waals surface area contributed by atoms with Gasteiger partial charge in [-0.1, -0.05) is 0 Å². The van der Waals surface area contributed by atoms with Crippen molar-refractivity contribution >= 4 is 17.5 Å². The van der Waals surface area contributed by atoms with Gasteiger partial charge in [-0.15, -0.1) is 0 Å². The summed E-state index contributed by atoms with van der Waals surface area (Å²) in [6, 6.07) is 2.07. The zero-order chi connectivity index (χ0) is 10.7. The van der Waals surface area contributed by atoms with Gasteiger partial charge in [0.2, 0.25) is 6.08 Å². The number of carbonyl (C=O) groups excluding carboxylic acids is 1. The molecule has 5 nitrogen and oxygen atoms in total. The van der Waals surface area contributed by atoms with Crippen LogP contribution in [0.4, 0.5) is 15.8 Å². The van der Waals surface area contributed by atoms with Crippen molar-refractivity contribution in [2.45, 2.75) is 6.92 Å². The molecule has 0 aliphatic rings. The van der Waals surface area contributed by atoms with Gasteiger partial charge in [-0.2, -0.15) is 4.99 Å². The van der Waals surface area contributed by atoms with Crippen LogP contribution in [-0.2, 0) is 4.79 Å². The number of hydrogen-bond acceptors (Lipinski definition) is 4. The topological polar surface area (TPSA) is 72.6 Å². The molecule has 0 amide bonds. The molecule has 1 aromatic carbocycles. The Bertz CT molecular complexity index is 438. The number of benzene rings is 1. The molecule has 6 heteroatoms. The summed E-state index contributed by atoms with van der Waals surface area (Å²) < 4.78 is 12.9. The third-order valence-corrected chi connectivity index (χ3v) is 1.69. The van der Waals surface area contributed by atoms with E-state index in [1.54, 1.807) is 0 Å². The first kappa shape index (κ1) is 10.0. The van der Waals surface area contributed by atoms with Crippen LogP contribution in [0.1, 0.15) is 5.56 Å². The molecule has 0 heterocycles. The average molecular weight is 196 g/mol. The molecule has 0 N–H and O–H groups in total. The maximum absolute atomic E-state index is 12.9. The smallest absolute Gasteiger partial charge is 0.258 e. The molecule has 0 aliphatic carbocycles. The molecule has 0 radical (unpaired) electrons. The van der Waals surface area contributed by atoms with Crippen LogP contribution in [-0.4, -0.2) is 11.0 Å². The van der Waals surface area contributed by atoms with Crippen molar-refractivity contribution in [1.82, 2.24) is 0 Å². The maximum atomic E-state index is 12.9. The summed E-state index contributed by atoms with van der Waals surface area (Å²) in [6.45, 7) is 1.25. The highest BCUT2D eigenvalue weighted by Crippen LogP contribution is 2.31. The predicted octanol–water partition coefficient (Wildman–Crippen LogP) is 2.01. The number of nitrogens with zero attached hydrogens (tertiary/aromatic N) is 2. The largest absolute Gasteiger partial charge is 0.301 e. The van der Waals surface area contributed by atoms with Crippen molar-refractivity contribution in [1.29, 1.82) is 0 Å². The van der Waals surface area contributed by atoms with Gasteiger partial charge in [0.05, 0.1) is 10.5 Å². The molecule has 14 heavy (non-hydrogen) atoms. The monoisotopic (exact) mass is 196 g/mol. The van der Waals surface area contributed by atoms with Gasteiger partial charge in [-0.3, -0.25) is 10.1 Å². The van der Waals surface area contributed by atoms with Gasteiger partial charge in [0.25, 0.3) is 0 Å². The van der Waals surface area contributed by atoms with E-state index in [0.29, 0.717) is 0 Å². The summed E-state index contributed by atoms with van der Waals surface area (Å²) in [7, 11) is 0. The lowest BCUT2D eigenvalue weighted by atomic mass is 10.1. The van der Waals surface area contributed by atoms with E-state index in [-0.39, 0.29) is 11.3 Å². The molecule has 0 atom stereocenters. The highest BCUT2D eigenvalue weighted by molar-refractivity contribution is 5.65. The van der Waals surface area contributed by atoms with Crippen molar-refractivity contribution in [3.8, 4) is 0 Å². The third-order valence-electron chi connectivity index (χ3n) is 1.69. The molecule has 0 aromatic heterocycles. The van der Waals surface area contributed by atoms with Gasteiger partial charge in [0.15, 0.2) is 5.69 Å². The molecular weight excluding hydrogens is 191 g/mol. The Labute approximate surface area is 78.0 Å². The molecular formula is C8H5FN2O3. The molecule has 0 bridgehead atoms. The number of nitro groups is 1. The van der Waals surface area contributed by atoms with E-state index >= 15 is 0 Å². The van der Waals surface area contributed by atoms with E-state index in [1.807, 2.05) is 0 Å². The highest BCUT2D eigenvalue weighted by atomic mass is 19.1. The molecule has 1 aromatic rings. The summed E-state index contributed by atoms with van der Waals surface area (Å²) in [5.74, 6) is -0.707. The quantitative estimate of drug-likeness (QED) is 0.314. The third kappa shape index (κ3) is 1.65. The number of isocyanates is 1. The molecule has 72 valence electrons. The zero-order valence-corrected chi connectivity index (χ0v) is 7.15. The fourth-order valence-electron chi connectivity index (χ4n) is 1.03. The second-order valence-electron chi connectivity index (χ2n) is 2.50. The molecule has 0 spiro atoms. The van der Waals surface area contributed by atoms with Crippen LogP contribution in [0.5, 0.6) is 0 Å². The van der Waals surface area contributed by atoms with Crippen molar-refractivity contribution < 1.29 is 14.1 Å². The minimum atomic E-state index is -0.783. The fourth-order valence-corrected chi connectivity index (χ4v) is 1.03. The summed E-state index contributed by atoms with van der Waals surface area (Å²) in [4.78, 5) is 22.8. The Hall–Kier alpha value is -2.07. The summed E-state index contributed by atoms with van der Waals surface area (Å²) in [6.07, 6.45) is 1.17. The van der Waals surface area contributed by atoms with Crippen LogP contribution >= 0.6 is 0 Å². The zero-order valence-electron chi connectivity index (χ0n) is 7.15. The fraction of sp³-hybridized carbons (Fsp3) is 0.125. The Morgan fingerprint density at radius 3 is 2.71 bits per heavy atom. The number of aliphatic imine (C=N–C) groups is 1. The standard InChI is InChI=1S/C8H5FN2O3/c1-5-6(9)2-3-7(10-4-12)8(5)11(13)14/h2-3H,1H3. The normalized spacial score (nSPS) is 9.29. The van der Waals surface area contributed by atoms with Gasteiger partial charge in [-0.05, 0) is 19.1 Å². The Morgan fingerprint density at radius 2 is 2.21 bits per heavy atom. The van der Waals surface area contributed by atoms with E-state index in [0.717, 1.165) is 12.1 Å². The number of rotatable bonds is 2. The maximum Gasteiger partial charge on any atom is 0.301 e. The van der Waals surface area contributed by atoms with E-state index in [2.05, 4.69) is 4.99 Å². The first-order chi connectivity index (χ1) is 6.57. The van der Waals surface area contributed by atoms with E-state index in [4.69, 9.17) is 0 Å². The van der Waals surface area contributed by atoms with Crippen LogP contribution in [0, 0.1) is 22.9 Å². The van der Waals surface area contributed by atoms with Crippen molar-refractivity contribution in [2.75, 3.05) is 0 Å². The molecule has 0 saturated heterocycles.